The number of fused-ring (bicyclic) bond motifs is 1. The lowest BCUT2D eigenvalue weighted by atomic mass is 9.90. The Morgan fingerprint density at radius 3 is 2.75 bits per heavy atom. The van der Waals surface area contributed by atoms with Gasteiger partial charge in [-0.05, 0) is 29.5 Å². The van der Waals surface area contributed by atoms with Crippen LogP contribution in [0.2, 0.25) is 0 Å². The number of carbonyl (C=O) groups is 3. The van der Waals surface area contributed by atoms with Crippen LogP contribution in [0.5, 0.6) is 0 Å². The third-order valence-corrected chi connectivity index (χ3v) is 3.74. The highest BCUT2D eigenvalue weighted by atomic mass is 16.4. The van der Waals surface area contributed by atoms with Crippen LogP contribution in [0, 0.1) is 0 Å². The molecule has 0 spiro atoms. The molecule has 0 radical (unpaired) electrons. The molecule has 5 nitrogen and oxygen atoms in total. The van der Waals surface area contributed by atoms with Gasteiger partial charge in [0.1, 0.15) is 0 Å². The first kappa shape index (κ1) is 14.2. The number of amides is 2. The van der Waals surface area contributed by atoms with E-state index in [-0.39, 0.29) is 30.6 Å². The van der Waals surface area contributed by atoms with E-state index in [1.165, 1.54) is 7.05 Å². The Bertz CT molecular complexity index is 579. The number of hydrogen-bond donors (Lipinski definition) is 1. The number of nitrogens with zero attached hydrogens (tertiary/aromatic N) is 1. The zero-order valence-corrected chi connectivity index (χ0v) is 11.5. The maximum absolute atomic E-state index is 12.1. The smallest absolute Gasteiger partial charge is 0.303 e. The first-order chi connectivity index (χ1) is 9.40. The van der Waals surface area contributed by atoms with Crippen molar-refractivity contribution < 1.29 is 19.5 Å². The van der Waals surface area contributed by atoms with Crippen LogP contribution in [0.15, 0.2) is 18.2 Å². The fourth-order valence-corrected chi connectivity index (χ4v) is 2.34. The summed E-state index contributed by atoms with van der Waals surface area (Å²) >= 11 is 0. The normalized spacial score (nSPS) is 16.0. The summed E-state index contributed by atoms with van der Waals surface area (Å²) in [6.07, 6.45) is 0.864. The Labute approximate surface area is 117 Å². The number of aliphatic carboxylic acids is 1. The standard InChI is InChI=1S/C15H17NO4/c1-9(3-6-14(18)19)10-4-5-11-8-13(17)16(2)15(20)12(11)7-10/h4-5,7,9H,3,6,8H2,1-2H3,(H,18,19). The van der Waals surface area contributed by atoms with Crippen LogP contribution in [0.3, 0.4) is 0 Å². The quantitative estimate of drug-likeness (QED) is 0.850. The van der Waals surface area contributed by atoms with E-state index in [1.807, 2.05) is 13.0 Å². The summed E-state index contributed by atoms with van der Waals surface area (Å²) in [5, 5.41) is 8.71. The number of imide groups is 1. The molecule has 106 valence electrons. The number of benzene rings is 1. The zero-order chi connectivity index (χ0) is 14.9. The molecule has 2 rings (SSSR count). The number of carboxylic acid groups (broad SMARTS) is 1. The molecular weight excluding hydrogens is 258 g/mol. The van der Waals surface area contributed by atoms with Crippen LogP contribution in [-0.2, 0) is 16.0 Å². The summed E-state index contributed by atoms with van der Waals surface area (Å²) in [6.45, 7) is 1.94. The molecule has 1 aliphatic rings. The molecule has 0 bridgehead atoms. The van der Waals surface area contributed by atoms with Crippen LogP contribution in [0.4, 0.5) is 0 Å². The fourth-order valence-electron chi connectivity index (χ4n) is 2.34. The Morgan fingerprint density at radius 1 is 1.40 bits per heavy atom. The van der Waals surface area contributed by atoms with Crippen LogP contribution in [-0.4, -0.2) is 34.8 Å². The third-order valence-electron chi connectivity index (χ3n) is 3.74. The van der Waals surface area contributed by atoms with Crippen molar-refractivity contribution in [1.82, 2.24) is 4.90 Å². The van der Waals surface area contributed by atoms with Crippen molar-refractivity contribution in [3.63, 3.8) is 0 Å². The maximum Gasteiger partial charge on any atom is 0.303 e. The Balaban J connectivity index is 2.25. The molecule has 0 aromatic heterocycles. The second kappa shape index (κ2) is 5.45. The lowest BCUT2D eigenvalue weighted by molar-refractivity contribution is -0.137. The van der Waals surface area contributed by atoms with Crippen molar-refractivity contribution >= 4 is 17.8 Å². The Hall–Kier alpha value is -2.17. The topological polar surface area (TPSA) is 74.7 Å². The minimum atomic E-state index is -0.823. The summed E-state index contributed by atoms with van der Waals surface area (Å²) in [5.74, 6) is -1.25. The Morgan fingerprint density at radius 2 is 2.10 bits per heavy atom. The van der Waals surface area contributed by atoms with Gasteiger partial charge in [-0.25, -0.2) is 0 Å². The number of carboxylic acids is 1. The molecule has 5 heteroatoms. The lowest BCUT2D eigenvalue weighted by Crippen LogP contribution is -2.39. The van der Waals surface area contributed by atoms with E-state index in [4.69, 9.17) is 5.11 Å². The van der Waals surface area contributed by atoms with Crippen molar-refractivity contribution in [2.24, 2.45) is 0 Å². The molecular formula is C15H17NO4. The van der Waals surface area contributed by atoms with E-state index in [1.54, 1.807) is 12.1 Å². The van der Waals surface area contributed by atoms with Gasteiger partial charge in [0.25, 0.3) is 5.91 Å². The van der Waals surface area contributed by atoms with E-state index in [9.17, 15) is 14.4 Å². The first-order valence-electron chi connectivity index (χ1n) is 6.55. The fraction of sp³-hybridized carbons (Fsp3) is 0.400. The monoisotopic (exact) mass is 275 g/mol. The average molecular weight is 275 g/mol. The summed E-state index contributed by atoms with van der Waals surface area (Å²) in [5.41, 5.74) is 2.22. The summed E-state index contributed by atoms with van der Waals surface area (Å²) < 4.78 is 0. The predicted octanol–water partition coefficient (Wildman–Crippen LogP) is 1.81. The molecule has 20 heavy (non-hydrogen) atoms. The van der Waals surface area contributed by atoms with E-state index in [2.05, 4.69) is 0 Å². The SMILES string of the molecule is CC(CCC(=O)O)c1ccc2c(c1)C(=O)N(C)C(=O)C2. The first-order valence-corrected chi connectivity index (χ1v) is 6.55. The molecule has 2 amide bonds. The van der Waals surface area contributed by atoms with Gasteiger partial charge >= 0.3 is 5.97 Å². The van der Waals surface area contributed by atoms with Crippen molar-refractivity contribution in [2.75, 3.05) is 7.05 Å². The van der Waals surface area contributed by atoms with Gasteiger partial charge in [-0.1, -0.05) is 19.1 Å². The highest BCUT2D eigenvalue weighted by Gasteiger charge is 2.28. The van der Waals surface area contributed by atoms with Gasteiger partial charge in [0.05, 0.1) is 6.42 Å². The maximum atomic E-state index is 12.1. The predicted molar refractivity (Wildman–Crippen MR) is 72.5 cm³/mol. The number of hydrogen-bond acceptors (Lipinski definition) is 3. The molecule has 1 aromatic rings. The highest BCUT2D eigenvalue weighted by molar-refractivity contribution is 6.09. The number of rotatable bonds is 4. The lowest BCUT2D eigenvalue weighted by Gasteiger charge is -2.24. The van der Waals surface area contributed by atoms with E-state index in [0.717, 1.165) is 16.0 Å². The molecule has 1 atom stereocenters. The molecule has 0 saturated heterocycles. The van der Waals surface area contributed by atoms with Crippen LogP contribution >= 0.6 is 0 Å². The third kappa shape index (κ3) is 2.71. The average Bonchev–Trinajstić information content (AvgIpc) is 2.42. The molecule has 1 aliphatic heterocycles. The summed E-state index contributed by atoms with van der Waals surface area (Å²) in [6, 6.07) is 5.45. The second-order valence-electron chi connectivity index (χ2n) is 5.18. The minimum absolute atomic E-state index is 0.0622. The molecule has 1 aromatic carbocycles. The summed E-state index contributed by atoms with van der Waals surface area (Å²) in [4.78, 5) is 35.4. The molecule has 0 fully saturated rings. The van der Waals surface area contributed by atoms with E-state index in [0.29, 0.717) is 12.0 Å². The van der Waals surface area contributed by atoms with Gasteiger partial charge in [-0.3, -0.25) is 19.3 Å². The molecule has 1 heterocycles. The number of carbonyl (C=O) groups excluding carboxylic acids is 2. The molecule has 0 aliphatic carbocycles. The second-order valence-corrected chi connectivity index (χ2v) is 5.18. The van der Waals surface area contributed by atoms with Gasteiger partial charge in [-0.2, -0.15) is 0 Å². The van der Waals surface area contributed by atoms with Crippen molar-refractivity contribution in [3.8, 4) is 0 Å². The van der Waals surface area contributed by atoms with Gasteiger partial charge in [0.15, 0.2) is 0 Å². The molecule has 0 saturated carbocycles. The van der Waals surface area contributed by atoms with E-state index < -0.39 is 5.97 Å². The largest absolute Gasteiger partial charge is 0.481 e. The van der Waals surface area contributed by atoms with E-state index >= 15 is 0 Å². The van der Waals surface area contributed by atoms with Crippen molar-refractivity contribution in [3.05, 3.63) is 34.9 Å². The number of likely N-dealkylation sites (N-methyl/N-ethyl adjacent to an activating group) is 1. The molecule has 1 unspecified atom stereocenters. The minimum Gasteiger partial charge on any atom is -0.481 e. The molecule has 1 N–H and O–H groups in total. The van der Waals surface area contributed by atoms with Crippen molar-refractivity contribution in [1.29, 1.82) is 0 Å². The van der Waals surface area contributed by atoms with Crippen LogP contribution in [0.1, 0.15) is 47.2 Å². The van der Waals surface area contributed by atoms with Crippen molar-refractivity contribution in [2.45, 2.75) is 32.1 Å². The van der Waals surface area contributed by atoms with Gasteiger partial charge in [0.2, 0.25) is 5.91 Å². The van der Waals surface area contributed by atoms with Gasteiger partial charge in [0, 0.05) is 19.0 Å². The summed E-state index contributed by atoms with van der Waals surface area (Å²) in [7, 11) is 1.48. The van der Waals surface area contributed by atoms with Gasteiger partial charge < -0.3 is 5.11 Å². The van der Waals surface area contributed by atoms with Crippen LogP contribution < -0.4 is 0 Å². The highest BCUT2D eigenvalue weighted by Crippen LogP contribution is 2.26. The zero-order valence-electron chi connectivity index (χ0n) is 11.5. The van der Waals surface area contributed by atoms with Gasteiger partial charge in [-0.15, -0.1) is 0 Å². The Kier molecular flexibility index (Phi) is 3.88. The van der Waals surface area contributed by atoms with Crippen LogP contribution in [0.25, 0.3) is 0 Å².